The molecule has 0 spiro atoms. The molecule has 1 aliphatic heterocycles. The third-order valence-corrected chi connectivity index (χ3v) is 4.96. The third kappa shape index (κ3) is 8.54. The van der Waals surface area contributed by atoms with Crippen molar-refractivity contribution in [2.24, 2.45) is 0 Å². The van der Waals surface area contributed by atoms with Crippen molar-refractivity contribution in [3.05, 3.63) is 23.8 Å². The molecule has 2 N–H and O–H groups in total. The average Bonchev–Trinajstić information content (AvgIpc) is 2.57. The van der Waals surface area contributed by atoms with E-state index in [-0.39, 0.29) is 29.9 Å². The molecule has 0 amide bonds. The molecule has 0 bridgehead atoms. The van der Waals surface area contributed by atoms with Gasteiger partial charge in [0.1, 0.15) is 5.75 Å². The molecule has 25 heavy (non-hydrogen) atoms. The van der Waals surface area contributed by atoms with Crippen LogP contribution >= 0.6 is 36.6 Å². The SMILES string of the molecule is CCCOc1cc(N)ccc1C(=O)SCCCN1CCCCC1.Cl.Cl. The predicted molar refractivity (Wildman–Crippen MR) is 113 cm³/mol. The van der Waals surface area contributed by atoms with Gasteiger partial charge in [0.2, 0.25) is 5.12 Å². The maximum atomic E-state index is 12.4. The molecule has 1 fully saturated rings. The van der Waals surface area contributed by atoms with E-state index in [0.29, 0.717) is 23.6 Å². The van der Waals surface area contributed by atoms with E-state index in [1.807, 2.05) is 6.92 Å². The van der Waals surface area contributed by atoms with E-state index in [2.05, 4.69) is 4.90 Å². The van der Waals surface area contributed by atoms with Gasteiger partial charge in [-0.2, -0.15) is 0 Å². The fourth-order valence-electron chi connectivity index (χ4n) is 2.75. The highest BCUT2D eigenvalue weighted by Crippen LogP contribution is 2.26. The highest BCUT2D eigenvalue weighted by molar-refractivity contribution is 8.14. The van der Waals surface area contributed by atoms with Gasteiger partial charge in [-0.3, -0.25) is 4.79 Å². The number of thioether (sulfide) groups is 1. The van der Waals surface area contributed by atoms with Gasteiger partial charge in [0.05, 0.1) is 12.2 Å². The van der Waals surface area contributed by atoms with E-state index in [1.165, 1.54) is 44.1 Å². The van der Waals surface area contributed by atoms with Crippen LogP contribution in [0.25, 0.3) is 0 Å². The van der Waals surface area contributed by atoms with Gasteiger partial charge in [-0.25, -0.2) is 0 Å². The third-order valence-electron chi connectivity index (χ3n) is 3.99. The summed E-state index contributed by atoms with van der Waals surface area (Å²) in [4.78, 5) is 14.9. The summed E-state index contributed by atoms with van der Waals surface area (Å²) in [6.07, 6.45) is 5.95. The quantitative estimate of drug-likeness (QED) is 0.500. The topological polar surface area (TPSA) is 55.6 Å². The fraction of sp³-hybridized carbons (Fsp3) is 0.611. The molecule has 0 aromatic heterocycles. The number of nitrogens with zero attached hydrogens (tertiary/aromatic N) is 1. The number of halogens is 2. The number of anilines is 1. The van der Waals surface area contributed by atoms with Gasteiger partial charge in [0.15, 0.2) is 0 Å². The number of nitrogens with two attached hydrogens (primary N) is 1. The van der Waals surface area contributed by atoms with Crippen molar-refractivity contribution >= 4 is 47.4 Å². The van der Waals surface area contributed by atoms with Crippen LogP contribution < -0.4 is 10.5 Å². The van der Waals surface area contributed by atoms with Gasteiger partial charge in [-0.1, -0.05) is 25.1 Å². The van der Waals surface area contributed by atoms with Crippen LogP contribution in [-0.2, 0) is 0 Å². The first kappa shape index (κ1) is 24.4. The number of hydrogen-bond donors (Lipinski definition) is 1. The van der Waals surface area contributed by atoms with E-state index in [0.717, 1.165) is 25.1 Å². The second-order valence-corrected chi connectivity index (χ2v) is 7.06. The molecule has 2 rings (SSSR count). The molecule has 4 nitrogen and oxygen atoms in total. The minimum Gasteiger partial charge on any atom is -0.493 e. The van der Waals surface area contributed by atoms with Crippen LogP contribution in [-0.4, -0.2) is 42.0 Å². The van der Waals surface area contributed by atoms with Crippen molar-refractivity contribution in [3.63, 3.8) is 0 Å². The number of rotatable bonds is 8. The van der Waals surface area contributed by atoms with Crippen molar-refractivity contribution in [2.45, 2.75) is 39.0 Å². The molecular formula is C18H30Cl2N2O2S. The zero-order valence-electron chi connectivity index (χ0n) is 14.9. The van der Waals surface area contributed by atoms with E-state index in [9.17, 15) is 4.79 Å². The Morgan fingerprint density at radius 1 is 1.24 bits per heavy atom. The molecule has 144 valence electrons. The van der Waals surface area contributed by atoms with E-state index in [1.54, 1.807) is 18.2 Å². The summed E-state index contributed by atoms with van der Waals surface area (Å²) in [5, 5.41) is 0.0785. The minimum atomic E-state index is 0. The first-order valence-corrected chi connectivity index (χ1v) is 9.61. The second-order valence-electron chi connectivity index (χ2n) is 6.00. The van der Waals surface area contributed by atoms with Crippen molar-refractivity contribution in [3.8, 4) is 5.75 Å². The first-order valence-electron chi connectivity index (χ1n) is 8.62. The zero-order valence-corrected chi connectivity index (χ0v) is 17.3. The first-order chi connectivity index (χ1) is 11.2. The average molecular weight is 409 g/mol. The predicted octanol–water partition coefficient (Wildman–Crippen LogP) is 4.65. The monoisotopic (exact) mass is 408 g/mol. The standard InChI is InChI=1S/C18H28N2O2S.2ClH/c1-2-12-22-17-14-15(19)7-8-16(17)18(21)23-13-6-11-20-9-4-3-5-10-20;;/h7-8,14H,2-6,9-13,19H2,1H3;2*1H. The lowest BCUT2D eigenvalue weighted by Crippen LogP contribution is -2.30. The summed E-state index contributed by atoms with van der Waals surface area (Å²) in [6.45, 7) is 6.17. The van der Waals surface area contributed by atoms with E-state index >= 15 is 0 Å². The van der Waals surface area contributed by atoms with Crippen LogP contribution in [0, 0.1) is 0 Å². The summed E-state index contributed by atoms with van der Waals surface area (Å²) in [5.74, 6) is 1.47. The molecule has 0 saturated carbocycles. The fourth-order valence-corrected chi connectivity index (χ4v) is 3.54. The van der Waals surface area contributed by atoms with Crippen LogP contribution in [0.1, 0.15) is 49.4 Å². The maximum Gasteiger partial charge on any atom is 0.223 e. The van der Waals surface area contributed by atoms with E-state index < -0.39 is 0 Å². The molecule has 0 atom stereocenters. The Morgan fingerprint density at radius 3 is 2.64 bits per heavy atom. The molecule has 0 radical (unpaired) electrons. The lowest BCUT2D eigenvalue weighted by atomic mass is 10.1. The van der Waals surface area contributed by atoms with Gasteiger partial charge in [0, 0.05) is 17.5 Å². The number of carbonyl (C=O) groups is 1. The Morgan fingerprint density at radius 2 is 1.96 bits per heavy atom. The van der Waals surface area contributed by atoms with Gasteiger partial charge in [-0.15, -0.1) is 24.8 Å². The van der Waals surface area contributed by atoms with Gasteiger partial charge in [-0.05, 0) is 57.5 Å². The molecule has 1 aromatic rings. The van der Waals surface area contributed by atoms with Gasteiger partial charge < -0.3 is 15.4 Å². The molecular weight excluding hydrogens is 379 g/mol. The minimum absolute atomic E-state index is 0. The number of carbonyl (C=O) groups excluding carboxylic acids is 1. The van der Waals surface area contributed by atoms with Crippen LogP contribution in [0.4, 0.5) is 5.69 Å². The molecule has 7 heteroatoms. The largest absolute Gasteiger partial charge is 0.493 e. The Labute approximate surface area is 168 Å². The van der Waals surface area contributed by atoms with E-state index in [4.69, 9.17) is 10.5 Å². The van der Waals surface area contributed by atoms with Crippen LogP contribution in [0.3, 0.4) is 0 Å². The summed E-state index contributed by atoms with van der Waals surface area (Å²) in [7, 11) is 0. The smallest absolute Gasteiger partial charge is 0.223 e. The zero-order chi connectivity index (χ0) is 16.5. The summed E-state index contributed by atoms with van der Waals surface area (Å²) >= 11 is 1.39. The highest BCUT2D eigenvalue weighted by atomic mass is 35.5. The van der Waals surface area contributed by atoms with Gasteiger partial charge in [0.25, 0.3) is 0 Å². The Hall–Kier alpha value is -0.620. The van der Waals surface area contributed by atoms with Gasteiger partial charge >= 0.3 is 0 Å². The molecule has 0 aliphatic carbocycles. The molecule has 1 saturated heterocycles. The van der Waals surface area contributed by atoms with Crippen molar-refractivity contribution < 1.29 is 9.53 Å². The molecule has 1 aliphatic rings. The number of nitrogen functional groups attached to an aromatic ring is 1. The number of likely N-dealkylation sites (tertiary alicyclic amines) is 1. The van der Waals surface area contributed by atoms with Crippen molar-refractivity contribution in [1.29, 1.82) is 0 Å². The Bertz CT molecular complexity index is 512. The highest BCUT2D eigenvalue weighted by Gasteiger charge is 2.14. The Kier molecular flexibility index (Phi) is 13.2. The van der Waals surface area contributed by atoms with Crippen LogP contribution in [0.5, 0.6) is 5.75 Å². The van der Waals surface area contributed by atoms with Crippen molar-refractivity contribution in [1.82, 2.24) is 4.90 Å². The summed E-state index contributed by atoms with van der Waals surface area (Å²) in [5.41, 5.74) is 7.06. The number of ether oxygens (including phenoxy) is 1. The molecule has 1 aromatic carbocycles. The lowest BCUT2D eigenvalue weighted by molar-refractivity contribution is 0.108. The number of piperidine rings is 1. The molecule has 0 unspecified atom stereocenters. The molecule has 1 heterocycles. The van der Waals surface area contributed by atoms with Crippen LogP contribution in [0.15, 0.2) is 18.2 Å². The van der Waals surface area contributed by atoms with Crippen LogP contribution in [0.2, 0.25) is 0 Å². The maximum absolute atomic E-state index is 12.4. The van der Waals surface area contributed by atoms with Crippen molar-refractivity contribution in [2.75, 3.05) is 37.7 Å². The lowest BCUT2D eigenvalue weighted by Gasteiger charge is -2.26. The normalized spacial score (nSPS) is 14.3. The second kappa shape index (κ2) is 13.6. The number of hydrogen-bond acceptors (Lipinski definition) is 5. The number of benzene rings is 1. The summed E-state index contributed by atoms with van der Waals surface area (Å²) in [6, 6.07) is 5.29. The Balaban J connectivity index is 0.00000288. The summed E-state index contributed by atoms with van der Waals surface area (Å²) < 4.78 is 5.67.